The van der Waals surface area contributed by atoms with Crippen molar-refractivity contribution >= 4 is 25.8 Å². The quantitative estimate of drug-likeness (QED) is 0.441. The molecule has 0 rings (SSSR count). The lowest BCUT2D eigenvalue weighted by molar-refractivity contribution is 0.902. The predicted molar refractivity (Wildman–Crippen MR) is 41.2 cm³/mol. The van der Waals surface area contributed by atoms with Crippen molar-refractivity contribution in [1.29, 1.82) is 0 Å². The van der Waals surface area contributed by atoms with Gasteiger partial charge in [-0.2, -0.15) is 0 Å². The van der Waals surface area contributed by atoms with Gasteiger partial charge in [-0.25, -0.2) is 0 Å². The highest BCUT2D eigenvalue weighted by Gasteiger charge is 1.69. The van der Waals surface area contributed by atoms with Crippen LogP contribution in [-0.2, 0) is 0 Å². The minimum absolute atomic E-state index is 0. The van der Waals surface area contributed by atoms with E-state index in [1.165, 1.54) is 12.8 Å². The summed E-state index contributed by atoms with van der Waals surface area (Å²) in [4.78, 5) is 0. The number of hydrogen-bond donors (Lipinski definition) is 0. The van der Waals surface area contributed by atoms with Crippen molar-refractivity contribution in [2.24, 2.45) is 0 Å². The molecule has 0 aromatic carbocycles. The molecule has 0 radical (unpaired) electrons. The molecule has 2 heteroatoms. The van der Waals surface area contributed by atoms with Crippen LogP contribution < -0.4 is 0 Å². The average Bonchev–Trinajstić information content (AvgIpc) is 1.41. The van der Waals surface area contributed by atoms with E-state index in [9.17, 15) is 0 Å². The van der Waals surface area contributed by atoms with Crippen molar-refractivity contribution in [2.75, 3.05) is 5.33 Å². The molecule has 0 spiro atoms. The first-order chi connectivity index (χ1) is 2.41. The first-order valence-electron chi connectivity index (χ1n) is 1.97. The zero-order chi connectivity index (χ0) is 4.12. The van der Waals surface area contributed by atoms with Gasteiger partial charge in [-0.1, -0.05) is 29.3 Å². The Balaban J connectivity index is 0. The fourth-order valence-corrected chi connectivity index (χ4v) is 0.694. The Morgan fingerprint density at radius 1 is 1.50 bits per heavy atom. The number of rotatable bonds is 2. The van der Waals surface area contributed by atoms with Crippen LogP contribution in [0.3, 0.4) is 0 Å². The van der Waals surface area contributed by atoms with Crippen molar-refractivity contribution < 1.29 is 0 Å². The third-order valence-electron chi connectivity index (χ3n) is 0.487. The molecule has 40 valence electrons. The molecule has 0 aromatic rings. The van der Waals surface area contributed by atoms with Crippen LogP contribution in [0.4, 0.5) is 0 Å². The van der Waals surface area contributed by atoms with E-state index < -0.39 is 0 Å². The SMILES string of the molecule is CCCCBr.[PH4+]. The Morgan fingerprint density at radius 3 is 2.00 bits per heavy atom. The van der Waals surface area contributed by atoms with Gasteiger partial charge in [-0.15, -0.1) is 0 Å². The normalized spacial score (nSPS) is 7.00. The van der Waals surface area contributed by atoms with Crippen LogP contribution in [0.25, 0.3) is 0 Å². The molecule has 0 N–H and O–H groups in total. The van der Waals surface area contributed by atoms with E-state index in [0.29, 0.717) is 0 Å². The molecule has 0 saturated carbocycles. The van der Waals surface area contributed by atoms with E-state index in [-0.39, 0.29) is 9.90 Å². The third-order valence-corrected chi connectivity index (χ3v) is 1.05. The fraction of sp³-hybridized carbons (Fsp3) is 1.00. The summed E-state index contributed by atoms with van der Waals surface area (Å²) in [5.41, 5.74) is 0. The Morgan fingerprint density at radius 2 is 2.00 bits per heavy atom. The van der Waals surface area contributed by atoms with Crippen LogP contribution in [0.1, 0.15) is 19.8 Å². The molecule has 0 amide bonds. The number of unbranched alkanes of at least 4 members (excludes halogenated alkanes) is 1. The maximum absolute atomic E-state index is 3.31. The van der Waals surface area contributed by atoms with Gasteiger partial charge in [0.1, 0.15) is 0 Å². The molecular weight excluding hydrogens is 159 g/mol. The van der Waals surface area contributed by atoms with Gasteiger partial charge in [0, 0.05) is 5.33 Å². The highest BCUT2D eigenvalue weighted by Crippen LogP contribution is 1.89. The van der Waals surface area contributed by atoms with E-state index in [4.69, 9.17) is 0 Å². The number of hydrogen-bond acceptors (Lipinski definition) is 0. The fourth-order valence-electron chi connectivity index (χ4n) is 0.134. The lowest BCUT2D eigenvalue weighted by Crippen LogP contribution is -1.64. The summed E-state index contributed by atoms with van der Waals surface area (Å²) in [5, 5.41) is 1.16. The molecular formula is C4H13BrP+. The van der Waals surface area contributed by atoms with Gasteiger partial charge in [0.25, 0.3) is 0 Å². The molecule has 0 fully saturated rings. The molecule has 0 aliphatic heterocycles. The molecule has 6 heavy (non-hydrogen) atoms. The maximum Gasteiger partial charge on any atom is 0.00312 e. The third kappa shape index (κ3) is 8.86. The summed E-state index contributed by atoms with van der Waals surface area (Å²) < 4.78 is 0. The van der Waals surface area contributed by atoms with Gasteiger partial charge in [0.05, 0.1) is 0 Å². The highest BCUT2D eigenvalue weighted by atomic mass is 79.9. The van der Waals surface area contributed by atoms with E-state index >= 15 is 0 Å². The molecule has 0 saturated heterocycles. The summed E-state index contributed by atoms with van der Waals surface area (Å²) in [7, 11) is 0. The highest BCUT2D eigenvalue weighted by molar-refractivity contribution is 9.09. The van der Waals surface area contributed by atoms with Gasteiger partial charge in [0.15, 0.2) is 0 Å². The molecule has 1 atom stereocenters. The zero-order valence-electron chi connectivity index (χ0n) is 4.50. The van der Waals surface area contributed by atoms with Gasteiger partial charge in [-0.05, 0) is 16.3 Å². The summed E-state index contributed by atoms with van der Waals surface area (Å²) in [5.74, 6) is 0. The van der Waals surface area contributed by atoms with Gasteiger partial charge < -0.3 is 0 Å². The summed E-state index contributed by atoms with van der Waals surface area (Å²) >= 11 is 3.31. The number of alkyl halides is 1. The van der Waals surface area contributed by atoms with Crippen LogP contribution in [0.2, 0.25) is 0 Å². The van der Waals surface area contributed by atoms with Crippen molar-refractivity contribution in [2.45, 2.75) is 19.8 Å². The van der Waals surface area contributed by atoms with Gasteiger partial charge in [0.2, 0.25) is 0 Å². The molecule has 0 nitrogen and oxygen atoms in total. The number of halogens is 1. The molecule has 0 aliphatic carbocycles. The molecule has 0 aromatic heterocycles. The van der Waals surface area contributed by atoms with Gasteiger partial charge >= 0.3 is 0 Å². The van der Waals surface area contributed by atoms with Crippen molar-refractivity contribution in [3.63, 3.8) is 0 Å². The van der Waals surface area contributed by atoms with Crippen molar-refractivity contribution in [3.8, 4) is 0 Å². The first-order valence-corrected chi connectivity index (χ1v) is 3.10. The largest absolute Gasteiger partial charge is 0.0928 e. The molecule has 0 bridgehead atoms. The molecule has 1 unspecified atom stereocenters. The Hall–Kier alpha value is 0.910. The van der Waals surface area contributed by atoms with Crippen LogP contribution >= 0.6 is 25.8 Å². The average molecular weight is 172 g/mol. The van der Waals surface area contributed by atoms with E-state index in [1.54, 1.807) is 0 Å². The van der Waals surface area contributed by atoms with Crippen molar-refractivity contribution in [3.05, 3.63) is 0 Å². The van der Waals surface area contributed by atoms with Crippen LogP contribution in [0.15, 0.2) is 0 Å². The van der Waals surface area contributed by atoms with Crippen LogP contribution in [0.5, 0.6) is 0 Å². The van der Waals surface area contributed by atoms with E-state index in [1.807, 2.05) is 0 Å². The summed E-state index contributed by atoms with van der Waals surface area (Å²) in [6.45, 7) is 2.18. The maximum atomic E-state index is 3.31. The second-order valence-electron chi connectivity index (χ2n) is 1.04. The lowest BCUT2D eigenvalue weighted by atomic mass is 10.4. The predicted octanol–water partition coefficient (Wildman–Crippen LogP) is 1.97. The lowest BCUT2D eigenvalue weighted by Gasteiger charge is -1.77. The summed E-state index contributed by atoms with van der Waals surface area (Å²) in [6.07, 6.45) is 2.60. The second-order valence-corrected chi connectivity index (χ2v) is 1.84. The minimum Gasteiger partial charge on any atom is -0.0928 e. The topological polar surface area (TPSA) is 0 Å². The van der Waals surface area contributed by atoms with Crippen LogP contribution in [-0.4, -0.2) is 5.33 Å². The standard InChI is InChI=1S/C4H9Br.H3P/c1-2-3-4-5;/h2-4H2,1H3;1H3/p+1. The van der Waals surface area contributed by atoms with E-state index in [0.717, 1.165) is 5.33 Å². The first kappa shape index (κ1) is 10.0. The van der Waals surface area contributed by atoms with E-state index in [2.05, 4.69) is 22.9 Å². The van der Waals surface area contributed by atoms with Crippen LogP contribution in [0, 0.1) is 0 Å². The van der Waals surface area contributed by atoms with Crippen molar-refractivity contribution in [1.82, 2.24) is 0 Å². The second kappa shape index (κ2) is 9.32. The minimum atomic E-state index is 0. The Bertz CT molecular complexity index is 15.0. The molecule has 0 heterocycles. The smallest absolute Gasteiger partial charge is 0.00312 e. The summed E-state index contributed by atoms with van der Waals surface area (Å²) in [6, 6.07) is 0. The Kier molecular flexibility index (Phi) is 15.6. The Labute approximate surface area is 51.5 Å². The monoisotopic (exact) mass is 171 g/mol. The molecule has 0 aliphatic rings. The zero-order valence-corrected chi connectivity index (χ0v) is 8.09. The van der Waals surface area contributed by atoms with Gasteiger partial charge in [-0.3, -0.25) is 0 Å².